The van der Waals surface area contributed by atoms with Crippen LogP contribution in [0.2, 0.25) is 0 Å². The Kier molecular flexibility index (Phi) is 4.55. The summed E-state index contributed by atoms with van der Waals surface area (Å²) in [5, 5.41) is 10.7. The van der Waals surface area contributed by atoms with Crippen LogP contribution in [-0.4, -0.2) is 16.5 Å². The Morgan fingerprint density at radius 2 is 2.17 bits per heavy atom. The Labute approximate surface area is 111 Å². The van der Waals surface area contributed by atoms with Crippen molar-refractivity contribution in [2.45, 2.75) is 65.9 Å². The van der Waals surface area contributed by atoms with Gasteiger partial charge in [-0.3, -0.25) is 4.79 Å². The number of aliphatic hydroxyl groups is 1. The summed E-state index contributed by atoms with van der Waals surface area (Å²) in [5.74, 6) is 0.0773. The van der Waals surface area contributed by atoms with Gasteiger partial charge >= 0.3 is 0 Å². The molecule has 1 aliphatic carbocycles. The molecule has 1 rings (SSSR count). The highest BCUT2D eigenvalue weighted by Crippen LogP contribution is 2.43. The van der Waals surface area contributed by atoms with E-state index in [9.17, 15) is 9.90 Å². The van der Waals surface area contributed by atoms with Gasteiger partial charge in [0.2, 0.25) is 0 Å². The Hall–Kier alpha value is -0.890. The quantitative estimate of drug-likeness (QED) is 0.771. The van der Waals surface area contributed by atoms with E-state index in [1.165, 1.54) is 5.57 Å². The maximum Gasteiger partial charge on any atom is 0.164 e. The first-order valence-corrected chi connectivity index (χ1v) is 6.76. The maximum absolute atomic E-state index is 12.2. The highest BCUT2D eigenvalue weighted by Gasteiger charge is 2.48. The van der Waals surface area contributed by atoms with Crippen molar-refractivity contribution in [1.29, 1.82) is 0 Å². The molecule has 102 valence electrons. The summed E-state index contributed by atoms with van der Waals surface area (Å²) in [6.07, 6.45) is 6.93. The molecular formula is C16H26O2. The van der Waals surface area contributed by atoms with Gasteiger partial charge in [-0.1, -0.05) is 17.2 Å². The zero-order valence-electron chi connectivity index (χ0n) is 12.3. The van der Waals surface area contributed by atoms with E-state index in [0.717, 1.165) is 24.8 Å². The molecule has 0 spiro atoms. The van der Waals surface area contributed by atoms with Crippen LogP contribution in [0.1, 0.15) is 60.3 Å². The molecule has 0 saturated carbocycles. The van der Waals surface area contributed by atoms with Crippen LogP contribution in [0.15, 0.2) is 23.3 Å². The second kappa shape index (κ2) is 5.40. The minimum absolute atomic E-state index is 0.0773. The summed E-state index contributed by atoms with van der Waals surface area (Å²) in [7, 11) is 0. The predicted molar refractivity (Wildman–Crippen MR) is 75.4 cm³/mol. The van der Waals surface area contributed by atoms with E-state index >= 15 is 0 Å². The molecule has 0 heterocycles. The van der Waals surface area contributed by atoms with Crippen molar-refractivity contribution in [3.8, 4) is 0 Å². The van der Waals surface area contributed by atoms with Crippen LogP contribution < -0.4 is 0 Å². The minimum Gasteiger partial charge on any atom is -0.389 e. The van der Waals surface area contributed by atoms with Gasteiger partial charge in [-0.2, -0.15) is 0 Å². The Morgan fingerprint density at radius 3 is 2.67 bits per heavy atom. The average Bonchev–Trinajstić information content (AvgIpc) is 2.23. The third-order valence-corrected chi connectivity index (χ3v) is 4.31. The van der Waals surface area contributed by atoms with Gasteiger partial charge in [0.05, 0.1) is 11.0 Å². The molecule has 0 amide bonds. The normalized spacial score (nSPS) is 27.4. The van der Waals surface area contributed by atoms with Crippen molar-refractivity contribution in [3.05, 3.63) is 23.3 Å². The van der Waals surface area contributed by atoms with Crippen molar-refractivity contribution in [2.75, 3.05) is 0 Å². The van der Waals surface area contributed by atoms with Crippen LogP contribution >= 0.6 is 0 Å². The molecule has 1 N–H and O–H groups in total. The van der Waals surface area contributed by atoms with Crippen LogP contribution in [0.25, 0.3) is 0 Å². The smallest absolute Gasteiger partial charge is 0.164 e. The van der Waals surface area contributed by atoms with Crippen LogP contribution in [0.5, 0.6) is 0 Å². The summed E-state index contributed by atoms with van der Waals surface area (Å²) in [6.45, 7) is 9.79. The Balaban J connectivity index is 2.83. The number of hydrogen-bond donors (Lipinski definition) is 1. The van der Waals surface area contributed by atoms with Gasteiger partial charge in [0, 0.05) is 0 Å². The molecule has 0 saturated heterocycles. The fourth-order valence-electron chi connectivity index (χ4n) is 2.48. The lowest BCUT2D eigenvalue weighted by atomic mass is 9.64. The van der Waals surface area contributed by atoms with Crippen LogP contribution in [0.3, 0.4) is 0 Å². The summed E-state index contributed by atoms with van der Waals surface area (Å²) in [5.41, 5.74) is 0.800. The third kappa shape index (κ3) is 3.11. The van der Waals surface area contributed by atoms with Gasteiger partial charge in [0.1, 0.15) is 0 Å². The van der Waals surface area contributed by atoms with Crippen molar-refractivity contribution >= 4 is 5.78 Å². The molecule has 0 aromatic carbocycles. The zero-order valence-corrected chi connectivity index (χ0v) is 12.3. The molecular weight excluding hydrogens is 224 g/mol. The van der Waals surface area contributed by atoms with E-state index in [1.807, 2.05) is 27.7 Å². The SMILES string of the molecule is CC(C)=CCC[C@](C)(O)[C@]1(C)CCC(C)=CC1=O. The summed E-state index contributed by atoms with van der Waals surface area (Å²) in [4.78, 5) is 12.2. The van der Waals surface area contributed by atoms with E-state index < -0.39 is 11.0 Å². The molecule has 0 aliphatic heterocycles. The van der Waals surface area contributed by atoms with Crippen molar-refractivity contribution < 1.29 is 9.90 Å². The van der Waals surface area contributed by atoms with Crippen LogP contribution in [0.4, 0.5) is 0 Å². The lowest BCUT2D eigenvalue weighted by molar-refractivity contribution is -0.142. The van der Waals surface area contributed by atoms with Crippen molar-refractivity contribution in [1.82, 2.24) is 0 Å². The number of carbonyl (C=O) groups is 1. The molecule has 18 heavy (non-hydrogen) atoms. The van der Waals surface area contributed by atoms with E-state index in [0.29, 0.717) is 6.42 Å². The van der Waals surface area contributed by atoms with E-state index in [1.54, 1.807) is 13.0 Å². The van der Waals surface area contributed by atoms with Crippen molar-refractivity contribution in [3.63, 3.8) is 0 Å². The van der Waals surface area contributed by atoms with Gasteiger partial charge in [0.15, 0.2) is 5.78 Å². The van der Waals surface area contributed by atoms with Gasteiger partial charge in [-0.25, -0.2) is 0 Å². The Morgan fingerprint density at radius 1 is 1.56 bits per heavy atom. The molecule has 0 radical (unpaired) electrons. The lowest BCUT2D eigenvalue weighted by Gasteiger charge is -2.43. The second-order valence-electron chi connectivity index (χ2n) is 6.28. The lowest BCUT2D eigenvalue weighted by Crippen LogP contribution is -2.50. The molecule has 0 unspecified atom stereocenters. The van der Waals surface area contributed by atoms with Gasteiger partial charge in [-0.15, -0.1) is 0 Å². The number of ketones is 1. The standard InChI is InChI=1S/C16H26O2/c1-12(2)7-6-9-16(5,18)15(4)10-8-13(3)11-14(15)17/h7,11,18H,6,8-10H2,1-5H3/t15-,16+/m1/s1. The molecule has 0 aromatic heterocycles. The molecule has 0 bridgehead atoms. The number of allylic oxidation sites excluding steroid dienone is 4. The van der Waals surface area contributed by atoms with Gasteiger partial charge < -0.3 is 5.11 Å². The fourth-order valence-corrected chi connectivity index (χ4v) is 2.48. The van der Waals surface area contributed by atoms with E-state index in [-0.39, 0.29) is 5.78 Å². The highest BCUT2D eigenvalue weighted by atomic mass is 16.3. The van der Waals surface area contributed by atoms with E-state index in [2.05, 4.69) is 6.08 Å². The summed E-state index contributed by atoms with van der Waals surface area (Å²) < 4.78 is 0. The fraction of sp³-hybridized carbons (Fsp3) is 0.688. The molecule has 1 aliphatic rings. The zero-order chi connectivity index (χ0) is 14.0. The molecule has 2 nitrogen and oxygen atoms in total. The summed E-state index contributed by atoms with van der Waals surface area (Å²) in [6, 6.07) is 0. The van der Waals surface area contributed by atoms with Gasteiger partial charge in [0.25, 0.3) is 0 Å². The van der Waals surface area contributed by atoms with Crippen LogP contribution in [0, 0.1) is 5.41 Å². The molecule has 0 aromatic rings. The highest BCUT2D eigenvalue weighted by molar-refractivity contribution is 5.96. The first kappa shape index (κ1) is 15.2. The van der Waals surface area contributed by atoms with Crippen LogP contribution in [-0.2, 0) is 4.79 Å². The number of rotatable bonds is 4. The average molecular weight is 250 g/mol. The minimum atomic E-state index is -0.937. The van der Waals surface area contributed by atoms with Crippen molar-refractivity contribution in [2.24, 2.45) is 5.41 Å². The van der Waals surface area contributed by atoms with E-state index in [4.69, 9.17) is 0 Å². The summed E-state index contributed by atoms with van der Waals surface area (Å²) >= 11 is 0. The first-order chi connectivity index (χ1) is 8.19. The molecule has 0 fully saturated rings. The second-order valence-corrected chi connectivity index (χ2v) is 6.28. The number of carbonyl (C=O) groups excluding carboxylic acids is 1. The topological polar surface area (TPSA) is 37.3 Å². The largest absolute Gasteiger partial charge is 0.389 e. The molecule has 2 atom stereocenters. The number of hydrogen-bond acceptors (Lipinski definition) is 2. The predicted octanol–water partition coefficient (Wildman–Crippen LogP) is 3.80. The maximum atomic E-state index is 12.2. The first-order valence-electron chi connectivity index (χ1n) is 6.76. The van der Waals surface area contributed by atoms with Gasteiger partial charge in [-0.05, 0) is 66.4 Å². The Bertz CT molecular complexity index is 384. The monoisotopic (exact) mass is 250 g/mol. The third-order valence-electron chi connectivity index (χ3n) is 4.31. The molecule has 2 heteroatoms.